The molecule has 0 aliphatic carbocycles. The third kappa shape index (κ3) is 4.53. The summed E-state index contributed by atoms with van der Waals surface area (Å²) in [6, 6.07) is 21.8. The molecule has 0 spiro atoms. The molecule has 0 unspecified atom stereocenters. The molecule has 1 aliphatic rings. The molecule has 0 N–H and O–H groups in total. The van der Waals surface area contributed by atoms with E-state index in [1.165, 1.54) is 0 Å². The lowest BCUT2D eigenvalue weighted by atomic mass is 10.1. The molecule has 0 radical (unpaired) electrons. The largest absolute Gasteiger partial charge is 0.493 e. The zero-order chi connectivity index (χ0) is 22.0. The molecule has 3 aromatic rings. The molecule has 0 aromatic heterocycles. The third-order valence-electron chi connectivity index (χ3n) is 5.03. The van der Waals surface area contributed by atoms with E-state index in [9.17, 15) is 4.79 Å². The van der Waals surface area contributed by atoms with Crippen molar-refractivity contribution < 1.29 is 9.53 Å². The van der Waals surface area contributed by atoms with Crippen molar-refractivity contribution in [2.45, 2.75) is 13.8 Å². The molecule has 1 aliphatic heterocycles. The third-order valence-corrected chi connectivity index (χ3v) is 6.54. The Balaban J connectivity index is 1.78. The van der Waals surface area contributed by atoms with E-state index in [0.29, 0.717) is 12.2 Å². The molecule has 3 aromatic carbocycles. The minimum absolute atomic E-state index is 0.0504. The summed E-state index contributed by atoms with van der Waals surface area (Å²) in [5.74, 6) is 0.737. The Morgan fingerprint density at radius 1 is 0.968 bits per heavy atom. The maximum absolute atomic E-state index is 13.5. The fraction of sp³-hybridized carbons (Fsp3) is 0.115. The molecule has 1 heterocycles. The molecule has 0 saturated carbocycles. The maximum Gasteiger partial charge on any atom is 0.262 e. The van der Waals surface area contributed by atoms with Crippen molar-refractivity contribution in [3.05, 3.63) is 104 Å². The van der Waals surface area contributed by atoms with Gasteiger partial charge in [0.1, 0.15) is 5.75 Å². The van der Waals surface area contributed by atoms with Crippen LogP contribution in [0.5, 0.6) is 5.75 Å². The van der Waals surface area contributed by atoms with E-state index in [2.05, 4.69) is 31.9 Å². The Labute approximate surface area is 199 Å². The second kappa shape index (κ2) is 9.25. The number of benzene rings is 3. The average molecular weight is 539 g/mol. The summed E-state index contributed by atoms with van der Waals surface area (Å²) in [5, 5.41) is 0. The zero-order valence-corrected chi connectivity index (χ0v) is 20.4. The molecule has 31 heavy (non-hydrogen) atoms. The lowest BCUT2D eigenvalue weighted by Crippen LogP contribution is -2.25. The highest BCUT2D eigenvalue weighted by Gasteiger charge is 2.30. The van der Waals surface area contributed by atoms with Crippen LogP contribution in [0, 0.1) is 6.92 Å². The molecule has 0 fully saturated rings. The normalized spacial score (nSPS) is 14.8. The van der Waals surface area contributed by atoms with Crippen molar-refractivity contribution >= 4 is 55.2 Å². The van der Waals surface area contributed by atoms with Crippen molar-refractivity contribution in [3.8, 4) is 5.75 Å². The first-order valence-electron chi connectivity index (χ1n) is 9.99. The van der Waals surface area contributed by atoms with Gasteiger partial charge in [0.05, 0.1) is 16.8 Å². The molecule has 0 atom stereocenters. The Kier molecular flexibility index (Phi) is 6.44. The van der Waals surface area contributed by atoms with Gasteiger partial charge in [-0.15, -0.1) is 0 Å². The summed E-state index contributed by atoms with van der Waals surface area (Å²) >= 11 is 7.10. The number of amides is 1. The van der Waals surface area contributed by atoms with Gasteiger partial charge in [0.25, 0.3) is 5.91 Å². The van der Waals surface area contributed by atoms with Gasteiger partial charge in [-0.3, -0.25) is 9.69 Å². The topological polar surface area (TPSA) is 29.5 Å². The first-order chi connectivity index (χ1) is 15.0. The van der Waals surface area contributed by atoms with Crippen LogP contribution in [0.25, 0.3) is 11.8 Å². The maximum atomic E-state index is 13.5. The van der Waals surface area contributed by atoms with Crippen LogP contribution < -0.4 is 9.64 Å². The van der Waals surface area contributed by atoms with E-state index in [0.717, 1.165) is 42.8 Å². The van der Waals surface area contributed by atoms with E-state index in [1.54, 1.807) is 4.90 Å². The summed E-state index contributed by atoms with van der Waals surface area (Å²) < 4.78 is 7.47. The Morgan fingerprint density at radius 3 is 2.42 bits per heavy atom. The monoisotopic (exact) mass is 537 g/mol. The molecule has 0 saturated heterocycles. The average Bonchev–Trinajstić information content (AvgIpc) is 3.09. The van der Waals surface area contributed by atoms with Crippen LogP contribution in [-0.4, -0.2) is 12.5 Å². The van der Waals surface area contributed by atoms with Crippen LogP contribution in [0.2, 0.25) is 0 Å². The van der Waals surface area contributed by atoms with Crippen molar-refractivity contribution in [1.82, 2.24) is 0 Å². The number of aryl methyl sites for hydroxylation is 1. The van der Waals surface area contributed by atoms with Gasteiger partial charge >= 0.3 is 0 Å². The second-order valence-electron chi connectivity index (χ2n) is 7.19. The number of hydrogen-bond donors (Lipinski definition) is 0. The number of nitrogens with zero attached hydrogens (tertiary/aromatic N) is 1. The van der Waals surface area contributed by atoms with Gasteiger partial charge in [-0.1, -0.05) is 52.3 Å². The SMILES string of the molecule is CCOc1ccc(/C=C2\C=C(c3ccccc3)N(c3ccc(Br)c(C)c3)C2=O)cc1Br. The molecular weight excluding hydrogens is 518 g/mol. The highest BCUT2D eigenvalue weighted by atomic mass is 79.9. The standard InChI is InChI=1S/C26H21Br2NO2/c1-3-31-25-12-9-18(15-23(25)28)14-20-16-24(19-7-5-4-6-8-19)29(26(20)30)21-10-11-22(27)17(2)13-21/h4-16H,3H2,1-2H3/b20-14+. The Bertz CT molecular complexity index is 1200. The van der Waals surface area contributed by atoms with E-state index < -0.39 is 0 Å². The number of anilines is 1. The fourth-order valence-corrected chi connectivity index (χ4v) is 4.28. The molecule has 5 heteroatoms. The molecule has 3 nitrogen and oxygen atoms in total. The van der Waals surface area contributed by atoms with Gasteiger partial charge in [0.15, 0.2) is 0 Å². The fourth-order valence-electron chi connectivity index (χ4n) is 3.52. The molecule has 4 rings (SSSR count). The van der Waals surface area contributed by atoms with Crippen LogP contribution in [0.4, 0.5) is 5.69 Å². The highest BCUT2D eigenvalue weighted by Crippen LogP contribution is 2.37. The van der Waals surface area contributed by atoms with Crippen molar-refractivity contribution in [1.29, 1.82) is 0 Å². The summed E-state index contributed by atoms with van der Waals surface area (Å²) in [4.78, 5) is 15.3. The number of rotatable bonds is 5. The predicted octanol–water partition coefficient (Wildman–Crippen LogP) is 7.39. The van der Waals surface area contributed by atoms with Crippen molar-refractivity contribution in [3.63, 3.8) is 0 Å². The minimum Gasteiger partial charge on any atom is -0.493 e. The van der Waals surface area contributed by atoms with Gasteiger partial charge in [-0.25, -0.2) is 0 Å². The second-order valence-corrected chi connectivity index (χ2v) is 8.90. The lowest BCUT2D eigenvalue weighted by Gasteiger charge is -2.21. The van der Waals surface area contributed by atoms with Crippen molar-refractivity contribution in [2.24, 2.45) is 0 Å². The molecule has 0 bridgehead atoms. The van der Waals surface area contributed by atoms with Gasteiger partial charge < -0.3 is 4.74 Å². The molecular formula is C26H21Br2NO2. The first-order valence-corrected chi connectivity index (χ1v) is 11.6. The highest BCUT2D eigenvalue weighted by molar-refractivity contribution is 9.10. The van der Waals surface area contributed by atoms with Gasteiger partial charge in [0.2, 0.25) is 0 Å². The van der Waals surface area contributed by atoms with E-state index in [4.69, 9.17) is 4.74 Å². The summed E-state index contributed by atoms with van der Waals surface area (Å²) in [5.41, 5.74) is 5.34. The van der Waals surface area contributed by atoms with Gasteiger partial charge in [0, 0.05) is 15.7 Å². The number of hydrogen-bond acceptors (Lipinski definition) is 2. The zero-order valence-electron chi connectivity index (χ0n) is 17.2. The van der Waals surface area contributed by atoms with E-state index in [-0.39, 0.29) is 5.91 Å². The van der Waals surface area contributed by atoms with Crippen LogP contribution in [0.15, 0.2) is 87.3 Å². The number of ether oxygens (including phenoxy) is 1. The summed E-state index contributed by atoms with van der Waals surface area (Å²) in [7, 11) is 0. The van der Waals surface area contributed by atoms with Crippen LogP contribution in [-0.2, 0) is 4.79 Å². The quantitative estimate of drug-likeness (QED) is 0.317. The molecule has 1 amide bonds. The number of carbonyl (C=O) groups excluding carboxylic acids is 1. The number of carbonyl (C=O) groups is 1. The number of halogens is 2. The van der Waals surface area contributed by atoms with E-state index in [1.807, 2.05) is 92.7 Å². The first kappa shape index (κ1) is 21.6. The summed E-state index contributed by atoms with van der Waals surface area (Å²) in [6.07, 6.45) is 3.87. The Morgan fingerprint density at radius 2 is 1.74 bits per heavy atom. The van der Waals surface area contributed by atoms with Gasteiger partial charge in [-0.05, 0) is 89.0 Å². The smallest absolute Gasteiger partial charge is 0.262 e. The van der Waals surface area contributed by atoms with Crippen LogP contribution >= 0.6 is 31.9 Å². The Hall–Kier alpha value is -2.63. The van der Waals surface area contributed by atoms with Crippen LogP contribution in [0.1, 0.15) is 23.6 Å². The van der Waals surface area contributed by atoms with Gasteiger partial charge in [-0.2, -0.15) is 0 Å². The van der Waals surface area contributed by atoms with E-state index >= 15 is 0 Å². The van der Waals surface area contributed by atoms with Crippen LogP contribution in [0.3, 0.4) is 0 Å². The summed E-state index contributed by atoms with van der Waals surface area (Å²) in [6.45, 7) is 4.57. The molecule has 156 valence electrons. The minimum atomic E-state index is -0.0504. The lowest BCUT2D eigenvalue weighted by molar-refractivity contribution is -0.113. The predicted molar refractivity (Wildman–Crippen MR) is 134 cm³/mol. The van der Waals surface area contributed by atoms with Crippen molar-refractivity contribution in [2.75, 3.05) is 11.5 Å².